The maximum Gasteiger partial charge on any atom is 0.273 e. The normalized spacial score (nSPS) is 11.9. The summed E-state index contributed by atoms with van der Waals surface area (Å²) >= 11 is 13.0. The number of anilines is 1. The van der Waals surface area contributed by atoms with E-state index in [4.69, 9.17) is 23.2 Å². The first kappa shape index (κ1) is 21.3. The predicted octanol–water partition coefficient (Wildman–Crippen LogP) is 5.01. The molecule has 0 radical (unpaired) electrons. The number of hydrogen-bond acceptors (Lipinski definition) is 5. The van der Waals surface area contributed by atoms with E-state index in [2.05, 4.69) is 15.2 Å². The summed E-state index contributed by atoms with van der Waals surface area (Å²) in [4.78, 5) is 12.6. The third-order valence-electron chi connectivity index (χ3n) is 3.84. The zero-order valence-electron chi connectivity index (χ0n) is 15.0. The molecule has 0 saturated carbocycles. The van der Waals surface area contributed by atoms with Crippen LogP contribution in [0.15, 0.2) is 69.3 Å². The van der Waals surface area contributed by atoms with Crippen LogP contribution in [-0.2, 0) is 10.0 Å². The number of nitrogens with one attached hydrogen (secondary N) is 2. The van der Waals surface area contributed by atoms with Crippen LogP contribution in [-0.4, -0.2) is 20.0 Å². The number of rotatable bonds is 6. The third-order valence-corrected chi connectivity index (χ3v) is 7.34. The van der Waals surface area contributed by atoms with E-state index in [1.54, 1.807) is 48.7 Å². The van der Waals surface area contributed by atoms with Gasteiger partial charge in [-0.1, -0.05) is 47.5 Å². The van der Waals surface area contributed by atoms with Crippen LogP contribution in [0.2, 0.25) is 10.0 Å². The van der Waals surface area contributed by atoms with Gasteiger partial charge in [-0.05, 0) is 48.2 Å². The van der Waals surface area contributed by atoms with Crippen molar-refractivity contribution in [1.82, 2.24) is 5.43 Å². The molecule has 1 aromatic heterocycles. The molecule has 29 heavy (non-hydrogen) atoms. The molecule has 1 amide bonds. The molecule has 3 aromatic rings. The Kier molecular flexibility index (Phi) is 6.59. The fraction of sp³-hybridized carbons (Fsp3) is 0.0526. The van der Waals surface area contributed by atoms with Gasteiger partial charge in [-0.3, -0.25) is 9.52 Å². The Labute approximate surface area is 182 Å². The second-order valence-corrected chi connectivity index (χ2v) is 9.52. The average molecular weight is 468 g/mol. The molecular formula is C19H15Cl2N3O3S2. The third kappa shape index (κ3) is 5.16. The van der Waals surface area contributed by atoms with Crippen molar-refractivity contribution in [3.63, 3.8) is 0 Å². The van der Waals surface area contributed by atoms with E-state index in [1.807, 2.05) is 0 Å². The lowest BCUT2D eigenvalue weighted by Crippen LogP contribution is -2.22. The molecule has 0 atom stereocenters. The lowest BCUT2D eigenvalue weighted by Gasteiger charge is -2.11. The van der Waals surface area contributed by atoms with Crippen molar-refractivity contribution < 1.29 is 13.2 Å². The van der Waals surface area contributed by atoms with Crippen molar-refractivity contribution >= 4 is 61.9 Å². The first-order chi connectivity index (χ1) is 13.8. The number of para-hydroxylation sites is 1. The van der Waals surface area contributed by atoms with Crippen molar-refractivity contribution in [3.8, 4) is 0 Å². The lowest BCUT2D eigenvalue weighted by molar-refractivity contribution is 0.0955. The molecule has 6 nitrogen and oxygen atoms in total. The van der Waals surface area contributed by atoms with Crippen molar-refractivity contribution in [1.29, 1.82) is 0 Å². The van der Waals surface area contributed by atoms with E-state index in [9.17, 15) is 13.2 Å². The molecule has 0 aliphatic rings. The molecule has 1 heterocycles. The number of halogens is 2. The maximum absolute atomic E-state index is 12.6. The molecule has 150 valence electrons. The molecule has 0 unspecified atom stereocenters. The average Bonchev–Trinajstić information content (AvgIpc) is 3.24. The lowest BCUT2D eigenvalue weighted by atomic mass is 10.1. The summed E-state index contributed by atoms with van der Waals surface area (Å²) in [6.45, 7) is 1.70. The molecule has 2 aromatic carbocycles. The Morgan fingerprint density at radius 2 is 1.79 bits per heavy atom. The zero-order valence-corrected chi connectivity index (χ0v) is 18.2. The van der Waals surface area contributed by atoms with Crippen molar-refractivity contribution in [3.05, 3.63) is 81.1 Å². The fourth-order valence-electron chi connectivity index (χ4n) is 2.36. The Morgan fingerprint density at radius 1 is 1.03 bits per heavy atom. The zero-order chi connectivity index (χ0) is 21.0. The van der Waals surface area contributed by atoms with Crippen LogP contribution in [0, 0.1) is 0 Å². The molecule has 2 N–H and O–H groups in total. The van der Waals surface area contributed by atoms with Crippen LogP contribution < -0.4 is 10.1 Å². The summed E-state index contributed by atoms with van der Waals surface area (Å²) < 4.78 is 27.5. The van der Waals surface area contributed by atoms with Gasteiger partial charge in [-0.2, -0.15) is 5.10 Å². The highest BCUT2D eigenvalue weighted by atomic mass is 35.5. The minimum absolute atomic E-state index is 0.137. The quantitative estimate of drug-likeness (QED) is 0.394. The van der Waals surface area contributed by atoms with E-state index in [-0.39, 0.29) is 15.5 Å². The van der Waals surface area contributed by atoms with Crippen molar-refractivity contribution in [2.45, 2.75) is 11.1 Å². The molecule has 0 saturated heterocycles. The van der Waals surface area contributed by atoms with E-state index in [0.717, 1.165) is 11.3 Å². The van der Waals surface area contributed by atoms with Crippen LogP contribution in [0.4, 0.5) is 5.69 Å². The van der Waals surface area contributed by atoms with Crippen molar-refractivity contribution in [2.75, 3.05) is 4.72 Å². The standard InChI is InChI=1S/C19H15Cl2N3O3S2/c1-12(13-8-9-15(20)16(21)11-13)22-23-19(25)14-5-2-3-6-17(14)24-29(26,27)18-7-4-10-28-18/h2-11,24H,1H3,(H,23,25). The van der Waals surface area contributed by atoms with Gasteiger partial charge in [0.1, 0.15) is 4.21 Å². The minimum atomic E-state index is -3.78. The van der Waals surface area contributed by atoms with Gasteiger partial charge in [0.15, 0.2) is 0 Å². The van der Waals surface area contributed by atoms with Crippen LogP contribution in [0.3, 0.4) is 0 Å². The number of carbonyl (C=O) groups excluding carboxylic acids is 1. The van der Waals surface area contributed by atoms with Gasteiger partial charge in [0.25, 0.3) is 15.9 Å². The Bertz CT molecular complexity index is 1180. The molecule has 0 spiro atoms. The highest BCUT2D eigenvalue weighted by molar-refractivity contribution is 7.94. The van der Waals surface area contributed by atoms with Gasteiger partial charge < -0.3 is 0 Å². The van der Waals surface area contributed by atoms with Crippen molar-refractivity contribution in [2.24, 2.45) is 5.10 Å². The summed E-state index contributed by atoms with van der Waals surface area (Å²) in [6, 6.07) is 14.4. The highest BCUT2D eigenvalue weighted by Gasteiger charge is 2.19. The summed E-state index contributed by atoms with van der Waals surface area (Å²) in [5.41, 5.74) is 3.92. The predicted molar refractivity (Wildman–Crippen MR) is 118 cm³/mol. The fourth-order valence-corrected chi connectivity index (χ4v) is 4.73. The number of amides is 1. The van der Waals surface area contributed by atoms with Crippen LogP contribution in [0.5, 0.6) is 0 Å². The largest absolute Gasteiger partial charge is 0.278 e. The van der Waals surface area contributed by atoms with Crippen LogP contribution in [0.25, 0.3) is 0 Å². The topological polar surface area (TPSA) is 87.6 Å². The van der Waals surface area contributed by atoms with Gasteiger partial charge in [0.05, 0.1) is 27.0 Å². The molecule has 3 rings (SSSR count). The van der Waals surface area contributed by atoms with Gasteiger partial charge in [-0.25, -0.2) is 13.8 Å². The summed E-state index contributed by atoms with van der Waals surface area (Å²) in [5, 5.41) is 6.52. The number of thiophene rings is 1. The first-order valence-corrected chi connectivity index (χ1v) is 11.4. The van der Waals surface area contributed by atoms with Crippen LogP contribution in [0.1, 0.15) is 22.8 Å². The molecular weight excluding hydrogens is 453 g/mol. The molecule has 0 aliphatic carbocycles. The number of hydrazone groups is 1. The van der Waals surface area contributed by atoms with Gasteiger partial charge >= 0.3 is 0 Å². The summed E-state index contributed by atoms with van der Waals surface area (Å²) in [7, 11) is -3.78. The van der Waals surface area contributed by atoms with Crippen LogP contribution >= 0.6 is 34.5 Å². The van der Waals surface area contributed by atoms with Gasteiger partial charge in [-0.15, -0.1) is 11.3 Å². The number of benzene rings is 2. The van der Waals surface area contributed by atoms with Gasteiger partial charge in [0.2, 0.25) is 0 Å². The second-order valence-electron chi connectivity index (χ2n) is 5.85. The van der Waals surface area contributed by atoms with E-state index < -0.39 is 15.9 Å². The summed E-state index contributed by atoms with van der Waals surface area (Å²) in [5.74, 6) is -0.561. The Morgan fingerprint density at radius 3 is 2.48 bits per heavy atom. The summed E-state index contributed by atoms with van der Waals surface area (Å²) in [6.07, 6.45) is 0. The Balaban J connectivity index is 1.80. The monoisotopic (exact) mass is 467 g/mol. The van der Waals surface area contributed by atoms with Gasteiger partial charge in [0, 0.05) is 0 Å². The first-order valence-electron chi connectivity index (χ1n) is 8.23. The van der Waals surface area contributed by atoms with E-state index in [1.165, 1.54) is 18.2 Å². The SMILES string of the molecule is CC(=NNC(=O)c1ccccc1NS(=O)(=O)c1cccs1)c1ccc(Cl)c(Cl)c1. The van der Waals surface area contributed by atoms with E-state index in [0.29, 0.717) is 21.3 Å². The minimum Gasteiger partial charge on any atom is -0.278 e. The number of carbonyl (C=O) groups is 1. The number of hydrogen-bond donors (Lipinski definition) is 2. The second kappa shape index (κ2) is 8.96. The molecule has 0 aliphatic heterocycles. The molecule has 0 bridgehead atoms. The molecule has 0 fully saturated rings. The van der Waals surface area contributed by atoms with E-state index >= 15 is 0 Å². The highest BCUT2D eigenvalue weighted by Crippen LogP contribution is 2.24. The molecule has 10 heteroatoms. The number of nitrogens with zero attached hydrogens (tertiary/aromatic N) is 1. The Hall–Kier alpha value is -2.39. The smallest absolute Gasteiger partial charge is 0.273 e. The maximum atomic E-state index is 12.6. The number of sulfonamides is 1.